The number of benzene rings is 1. The Balaban J connectivity index is 1.96. The molecule has 2 rings (SSSR count). The van der Waals surface area contributed by atoms with E-state index in [1.165, 1.54) is 12.1 Å². The first kappa shape index (κ1) is 15.7. The monoisotopic (exact) mass is 315 g/mol. The smallest absolute Gasteiger partial charge is 0.387 e. The van der Waals surface area contributed by atoms with E-state index in [1.54, 1.807) is 16.9 Å². The van der Waals surface area contributed by atoms with Crippen LogP contribution < -0.4 is 10.1 Å². The fourth-order valence-corrected chi connectivity index (χ4v) is 2.13. The van der Waals surface area contributed by atoms with Gasteiger partial charge in [0, 0.05) is 35.6 Å². The molecule has 0 saturated carbocycles. The molecule has 0 spiro atoms. The van der Waals surface area contributed by atoms with Crippen molar-refractivity contribution >= 4 is 11.6 Å². The Hall–Kier alpha value is -1.66. The number of halogens is 3. The van der Waals surface area contributed by atoms with E-state index in [0.29, 0.717) is 23.7 Å². The molecule has 0 aliphatic heterocycles. The Morgan fingerprint density at radius 2 is 2.24 bits per heavy atom. The molecule has 0 amide bonds. The molecule has 0 radical (unpaired) electrons. The number of aromatic nitrogens is 2. The number of nitrogens with one attached hydrogen (secondary N) is 1. The average Bonchev–Trinajstić information content (AvgIpc) is 2.91. The Morgan fingerprint density at radius 3 is 2.90 bits per heavy atom. The summed E-state index contributed by atoms with van der Waals surface area (Å²) in [5, 5.41) is 7.83. The number of hydrogen-bond donors (Lipinski definition) is 1. The molecule has 1 N–H and O–H groups in total. The van der Waals surface area contributed by atoms with Crippen molar-refractivity contribution in [3.05, 3.63) is 47.2 Å². The van der Waals surface area contributed by atoms with E-state index in [9.17, 15) is 8.78 Å². The van der Waals surface area contributed by atoms with Crippen LogP contribution in [-0.2, 0) is 13.1 Å². The lowest BCUT2D eigenvalue weighted by molar-refractivity contribution is -0.0505. The van der Waals surface area contributed by atoms with Crippen LogP contribution in [-0.4, -0.2) is 22.4 Å². The summed E-state index contributed by atoms with van der Waals surface area (Å²) < 4.78 is 31.0. The average molecular weight is 316 g/mol. The van der Waals surface area contributed by atoms with E-state index in [-0.39, 0.29) is 11.8 Å². The van der Waals surface area contributed by atoms with E-state index in [4.69, 9.17) is 11.6 Å². The molecule has 7 heteroatoms. The highest BCUT2D eigenvalue weighted by Crippen LogP contribution is 2.24. The summed E-state index contributed by atoms with van der Waals surface area (Å²) in [6.07, 6.45) is 3.57. The second-order valence-corrected chi connectivity index (χ2v) is 5.08. The van der Waals surface area contributed by atoms with Crippen LogP contribution in [0.25, 0.3) is 0 Å². The second kappa shape index (κ2) is 7.38. The lowest BCUT2D eigenvalue weighted by atomic mass is 10.2. The Bertz CT molecular complexity index is 563. The molecule has 2 aromatic rings. The first-order valence-corrected chi connectivity index (χ1v) is 6.86. The summed E-state index contributed by atoms with van der Waals surface area (Å²) in [7, 11) is 0. The fraction of sp³-hybridized carbons (Fsp3) is 0.357. The summed E-state index contributed by atoms with van der Waals surface area (Å²) in [4.78, 5) is 0. The second-order valence-electron chi connectivity index (χ2n) is 4.64. The SMILES string of the molecule is CC(Cn1cccn1)NCc1cc(Cl)ccc1OC(F)F. The minimum Gasteiger partial charge on any atom is -0.434 e. The standard InChI is InChI=1S/C14H16ClF2N3O/c1-10(9-20-6-2-5-19-20)18-8-11-7-12(15)3-4-13(11)21-14(16)17/h2-7,10,14,18H,8-9H2,1H3. The van der Waals surface area contributed by atoms with Gasteiger partial charge in [0.15, 0.2) is 0 Å². The van der Waals surface area contributed by atoms with E-state index in [2.05, 4.69) is 15.2 Å². The number of rotatable bonds is 7. The van der Waals surface area contributed by atoms with Gasteiger partial charge in [-0.2, -0.15) is 13.9 Å². The Kier molecular flexibility index (Phi) is 5.52. The van der Waals surface area contributed by atoms with Crippen LogP contribution in [0.1, 0.15) is 12.5 Å². The molecule has 1 unspecified atom stereocenters. The van der Waals surface area contributed by atoms with E-state index >= 15 is 0 Å². The van der Waals surface area contributed by atoms with E-state index in [1.807, 2.05) is 19.2 Å². The van der Waals surface area contributed by atoms with Gasteiger partial charge < -0.3 is 10.1 Å². The maximum Gasteiger partial charge on any atom is 0.387 e. The van der Waals surface area contributed by atoms with Gasteiger partial charge in [-0.1, -0.05) is 11.6 Å². The first-order chi connectivity index (χ1) is 10.0. The predicted molar refractivity (Wildman–Crippen MR) is 76.6 cm³/mol. The number of alkyl halides is 2. The van der Waals surface area contributed by atoms with Gasteiger partial charge in [-0.3, -0.25) is 4.68 Å². The molecule has 1 aromatic heterocycles. The quantitative estimate of drug-likeness (QED) is 0.852. The third-order valence-electron chi connectivity index (χ3n) is 2.90. The van der Waals surface area contributed by atoms with Crippen molar-refractivity contribution in [1.82, 2.24) is 15.1 Å². The first-order valence-electron chi connectivity index (χ1n) is 6.48. The molecule has 114 valence electrons. The Labute approximate surface area is 126 Å². The van der Waals surface area contributed by atoms with Crippen LogP contribution in [0.3, 0.4) is 0 Å². The summed E-state index contributed by atoms with van der Waals surface area (Å²) in [5.41, 5.74) is 0.593. The molecule has 0 bridgehead atoms. The third kappa shape index (κ3) is 4.99. The summed E-state index contributed by atoms with van der Waals surface area (Å²) in [6.45, 7) is 0.190. The molecule has 1 heterocycles. The van der Waals surface area contributed by atoms with E-state index < -0.39 is 6.61 Å². The molecule has 0 aliphatic carbocycles. The maximum atomic E-state index is 12.4. The minimum absolute atomic E-state index is 0.114. The Morgan fingerprint density at radius 1 is 1.43 bits per heavy atom. The molecule has 21 heavy (non-hydrogen) atoms. The zero-order valence-corrected chi connectivity index (χ0v) is 12.2. The van der Waals surface area contributed by atoms with Crippen molar-refractivity contribution in [2.24, 2.45) is 0 Å². The normalized spacial score (nSPS) is 12.6. The van der Waals surface area contributed by atoms with Gasteiger partial charge in [-0.15, -0.1) is 0 Å². The van der Waals surface area contributed by atoms with Crippen molar-refractivity contribution in [2.45, 2.75) is 32.7 Å². The molecular formula is C14H16ClF2N3O. The summed E-state index contributed by atoms with van der Waals surface area (Å²) >= 11 is 5.90. The summed E-state index contributed by atoms with van der Waals surface area (Å²) in [6, 6.07) is 6.55. The molecule has 0 fully saturated rings. The van der Waals surface area contributed by atoms with Crippen LogP contribution in [0, 0.1) is 0 Å². The topological polar surface area (TPSA) is 39.1 Å². The highest BCUT2D eigenvalue weighted by Gasteiger charge is 2.11. The molecule has 4 nitrogen and oxygen atoms in total. The van der Waals surface area contributed by atoms with Crippen molar-refractivity contribution in [2.75, 3.05) is 0 Å². The highest BCUT2D eigenvalue weighted by molar-refractivity contribution is 6.30. The molecule has 1 atom stereocenters. The minimum atomic E-state index is -2.86. The van der Waals surface area contributed by atoms with Crippen molar-refractivity contribution in [3.8, 4) is 5.75 Å². The van der Waals surface area contributed by atoms with Crippen molar-refractivity contribution in [3.63, 3.8) is 0 Å². The fourth-order valence-electron chi connectivity index (χ4n) is 1.93. The van der Waals surface area contributed by atoms with Crippen LogP contribution in [0.15, 0.2) is 36.7 Å². The van der Waals surface area contributed by atoms with E-state index in [0.717, 1.165) is 0 Å². The lowest BCUT2D eigenvalue weighted by Crippen LogP contribution is -2.30. The number of nitrogens with zero attached hydrogens (tertiary/aromatic N) is 2. The van der Waals surface area contributed by atoms with Crippen LogP contribution >= 0.6 is 11.6 Å². The maximum absolute atomic E-state index is 12.4. The third-order valence-corrected chi connectivity index (χ3v) is 3.13. The molecule has 0 aliphatic rings. The zero-order valence-electron chi connectivity index (χ0n) is 11.5. The van der Waals surface area contributed by atoms with Gasteiger partial charge in [0.2, 0.25) is 0 Å². The zero-order chi connectivity index (χ0) is 15.2. The van der Waals surface area contributed by atoms with Gasteiger partial charge in [0.1, 0.15) is 5.75 Å². The van der Waals surface area contributed by atoms with Crippen LogP contribution in [0.5, 0.6) is 5.75 Å². The lowest BCUT2D eigenvalue weighted by Gasteiger charge is -2.16. The highest BCUT2D eigenvalue weighted by atomic mass is 35.5. The van der Waals surface area contributed by atoms with Gasteiger partial charge in [0.25, 0.3) is 0 Å². The van der Waals surface area contributed by atoms with Gasteiger partial charge in [-0.25, -0.2) is 0 Å². The largest absolute Gasteiger partial charge is 0.434 e. The molecule has 0 saturated heterocycles. The molecule has 1 aromatic carbocycles. The van der Waals surface area contributed by atoms with Gasteiger partial charge in [-0.05, 0) is 31.2 Å². The predicted octanol–water partition coefficient (Wildman–Crippen LogP) is 3.32. The molecular weight excluding hydrogens is 300 g/mol. The van der Waals surface area contributed by atoms with Gasteiger partial charge in [0.05, 0.1) is 6.54 Å². The summed E-state index contributed by atoms with van der Waals surface area (Å²) in [5.74, 6) is 0.133. The van der Waals surface area contributed by atoms with Gasteiger partial charge >= 0.3 is 6.61 Å². The number of ether oxygens (including phenoxy) is 1. The van der Waals surface area contributed by atoms with Crippen molar-refractivity contribution in [1.29, 1.82) is 0 Å². The van der Waals surface area contributed by atoms with Crippen molar-refractivity contribution < 1.29 is 13.5 Å². The van der Waals surface area contributed by atoms with Crippen LogP contribution in [0.2, 0.25) is 5.02 Å². The number of hydrogen-bond acceptors (Lipinski definition) is 3. The van der Waals surface area contributed by atoms with Crippen LogP contribution in [0.4, 0.5) is 8.78 Å².